The molecule has 11 nitrogen and oxygen atoms in total. The molecule has 1 heterocycles. The Morgan fingerprint density at radius 2 is 1.62 bits per heavy atom. The number of carboxylic acid groups (broad SMARTS) is 1. The van der Waals surface area contributed by atoms with Gasteiger partial charge in [0.1, 0.15) is 11.3 Å². The summed E-state index contributed by atoms with van der Waals surface area (Å²) in [5, 5.41) is 26.5. The molecule has 3 amide bonds. The maximum absolute atomic E-state index is 13.9. The molecule has 1 saturated carbocycles. The Morgan fingerprint density at radius 3 is 2.32 bits per heavy atom. The van der Waals surface area contributed by atoms with E-state index in [4.69, 9.17) is 0 Å². The Hall–Kier alpha value is -4.68. The second-order valence-corrected chi connectivity index (χ2v) is 13.9. The number of fused-ring (bicyclic) bond motifs is 1. The van der Waals surface area contributed by atoms with Crippen LogP contribution in [0.5, 0.6) is 5.75 Å². The van der Waals surface area contributed by atoms with Crippen LogP contribution >= 0.6 is 11.3 Å². The van der Waals surface area contributed by atoms with E-state index in [2.05, 4.69) is 15.6 Å². The van der Waals surface area contributed by atoms with Crippen molar-refractivity contribution in [1.29, 1.82) is 0 Å². The highest BCUT2D eigenvalue weighted by molar-refractivity contribution is 7.16. The Morgan fingerprint density at radius 1 is 0.900 bits per heavy atom. The van der Waals surface area contributed by atoms with Crippen LogP contribution in [0, 0.1) is 0 Å². The lowest BCUT2D eigenvalue weighted by atomic mass is 10.1. The Labute approximate surface area is 296 Å². The van der Waals surface area contributed by atoms with Gasteiger partial charge in [0.25, 0.3) is 5.91 Å². The predicted octanol–water partition coefficient (Wildman–Crippen LogP) is 5.52. The van der Waals surface area contributed by atoms with Gasteiger partial charge in [0.2, 0.25) is 5.91 Å². The summed E-state index contributed by atoms with van der Waals surface area (Å²) in [7, 11) is 0. The van der Waals surface area contributed by atoms with Gasteiger partial charge in [-0.05, 0) is 74.0 Å². The van der Waals surface area contributed by atoms with Crippen LogP contribution in [-0.4, -0.2) is 81.2 Å². The fraction of sp³-hybridized carbons (Fsp3) is 0.421. The quantitative estimate of drug-likeness (QED) is 0.102. The highest BCUT2D eigenvalue weighted by atomic mass is 32.1. The molecule has 1 aliphatic rings. The van der Waals surface area contributed by atoms with Crippen LogP contribution in [0.1, 0.15) is 72.5 Å². The van der Waals surface area contributed by atoms with Crippen LogP contribution in [0.3, 0.4) is 0 Å². The van der Waals surface area contributed by atoms with Gasteiger partial charge in [-0.2, -0.15) is 0 Å². The van der Waals surface area contributed by atoms with Crippen molar-refractivity contribution < 1.29 is 24.6 Å². The number of phenols is 1. The monoisotopic (exact) mass is 701 g/mol. The van der Waals surface area contributed by atoms with Crippen LogP contribution in [0.2, 0.25) is 0 Å². The van der Waals surface area contributed by atoms with Crippen LogP contribution < -0.4 is 15.5 Å². The van der Waals surface area contributed by atoms with E-state index in [1.807, 2.05) is 66.4 Å². The van der Waals surface area contributed by atoms with Crippen molar-refractivity contribution in [2.24, 2.45) is 0 Å². The van der Waals surface area contributed by atoms with Crippen molar-refractivity contribution in [3.05, 3.63) is 98.7 Å². The number of aromatic amines is 1. The first kappa shape index (κ1) is 36.6. The van der Waals surface area contributed by atoms with E-state index in [-0.39, 0.29) is 48.1 Å². The average molecular weight is 702 g/mol. The number of amides is 3. The summed E-state index contributed by atoms with van der Waals surface area (Å²) in [5.41, 5.74) is 3.82. The maximum Gasteiger partial charge on any atom is 0.407 e. The highest BCUT2D eigenvalue weighted by Gasteiger charge is 2.29. The van der Waals surface area contributed by atoms with Gasteiger partial charge in [0, 0.05) is 37.8 Å². The number of H-pyrrole nitrogens is 1. The number of aromatic hydroxyl groups is 1. The summed E-state index contributed by atoms with van der Waals surface area (Å²) in [5.74, 6) is -0.186. The first-order chi connectivity index (χ1) is 24.2. The van der Waals surface area contributed by atoms with Gasteiger partial charge in [-0.3, -0.25) is 14.4 Å². The Balaban J connectivity index is 1.15. The minimum atomic E-state index is -1.07. The topological polar surface area (TPSA) is 155 Å². The molecule has 0 radical (unpaired) electrons. The number of nitrogens with zero attached hydrogens (tertiary/aromatic N) is 2. The molecule has 12 heteroatoms. The number of benzene rings is 3. The molecule has 4 aromatic rings. The predicted molar refractivity (Wildman–Crippen MR) is 196 cm³/mol. The van der Waals surface area contributed by atoms with Crippen molar-refractivity contribution >= 4 is 39.5 Å². The first-order valence-electron chi connectivity index (χ1n) is 17.5. The smallest absolute Gasteiger partial charge is 0.407 e. The molecule has 0 saturated heterocycles. The SMILES string of the molecule is CC(NCCc1ccc(C(=O)NCc2ccccc2)cc1)C(=O)N(CCN(CCc1ccc(O)c2[nH]c(=O)sc12)C(=O)O)C1CCCCCC1. The number of carbonyl (C=O) groups excluding carboxylic acids is 2. The van der Waals surface area contributed by atoms with Crippen molar-refractivity contribution in [3.63, 3.8) is 0 Å². The average Bonchev–Trinajstić information content (AvgIpc) is 3.33. The molecule has 5 rings (SSSR count). The summed E-state index contributed by atoms with van der Waals surface area (Å²) < 4.78 is 0.621. The van der Waals surface area contributed by atoms with E-state index >= 15 is 0 Å². The first-order valence-corrected chi connectivity index (χ1v) is 18.3. The Bertz CT molecular complexity index is 1780. The van der Waals surface area contributed by atoms with Crippen molar-refractivity contribution in [2.75, 3.05) is 26.2 Å². The molecule has 1 unspecified atom stereocenters. The minimum Gasteiger partial charge on any atom is -0.506 e. The minimum absolute atomic E-state index is 0.0189. The molecule has 0 spiro atoms. The summed E-state index contributed by atoms with van der Waals surface area (Å²) in [6, 6.07) is 20.1. The molecule has 1 aromatic heterocycles. The van der Waals surface area contributed by atoms with Crippen molar-refractivity contribution in [1.82, 2.24) is 25.4 Å². The second-order valence-electron chi connectivity index (χ2n) is 13.0. The number of hydrogen-bond donors (Lipinski definition) is 5. The van der Waals surface area contributed by atoms with Crippen molar-refractivity contribution in [3.8, 4) is 5.75 Å². The zero-order valence-electron chi connectivity index (χ0n) is 28.5. The van der Waals surface area contributed by atoms with Gasteiger partial charge in [-0.15, -0.1) is 0 Å². The van der Waals surface area contributed by atoms with Gasteiger partial charge >= 0.3 is 11.0 Å². The van der Waals surface area contributed by atoms with Gasteiger partial charge in [0.15, 0.2) is 0 Å². The van der Waals surface area contributed by atoms with Gasteiger partial charge < -0.3 is 35.6 Å². The third-order valence-corrected chi connectivity index (χ3v) is 10.4. The summed E-state index contributed by atoms with van der Waals surface area (Å²) in [6.45, 7) is 3.54. The summed E-state index contributed by atoms with van der Waals surface area (Å²) in [6.07, 6.45) is 6.11. The highest BCUT2D eigenvalue weighted by Crippen LogP contribution is 2.28. The third kappa shape index (κ3) is 9.95. The van der Waals surface area contributed by atoms with Crippen LogP contribution in [-0.2, 0) is 24.2 Å². The third-order valence-electron chi connectivity index (χ3n) is 9.47. The number of hydrogen-bond acceptors (Lipinski definition) is 7. The molecule has 50 heavy (non-hydrogen) atoms. The molecule has 1 fully saturated rings. The van der Waals surface area contributed by atoms with Crippen LogP contribution in [0.15, 0.2) is 71.5 Å². The number of carbonyl (C=O) groups is 3. The van der Waals surface area contributed by atoms with E-state index < -0.39 is 12.1 Å². The molecular formula is C38H47N5O6S. The molecule has 1 aliphatic carbocycles. The van der Waals surface area contributed by atoms with Gasteiger partial charge in [0.05, 0.1) is 10.7 Å². The lowest BCUT2D eigenvalue weighted by molar-refractivity contribution is -0.136. The number of rotatable bonds is 15. The largest absolute Gasteiger partial charge is 0.506 e. The van der Waals surface area contributed by atoms with E-state index in [0.717, 1.165) is 66.6 Å². The standard InChI is InChI=1S/C38H47N5O6S/c1-26(39-21-19-27-13-15-30(16-14-27)35(45)40-25-28-9-5-4-6-10-28)36(46)43(31-11-7-2-3-8-12-31)24-23-42(38(48)49)22-20-29-17-18-32(44)33-34(29)50-37(47)41-33/h4-6,9-10,13-18,26,31,39,44H,2-3,7-8,11-12,19-25H2,1H3,(H,40,45)(H,41,47)(H,48,49). The molecule has 5 N–H and O–H groups in total. The number of phenolic OH excluding ortho intramolecular Hbond substituents is 1. The van der Waals surface area contributed by atoms with Gasteiger partial charge in [-0.1, -0.05) is 85.6 Å². The molecule has 266 valence electrons. The van der Waals surface area contributed by atoms with E-state index in [1.165, 1.54) is 11.0 Å². The number of aromatic nitrogens is 1. The molecule has 0 aliphatic heterocycles. The zero-order chi connectivity index (χ0) is 35.5. The molecule has 3 aromatic carbocycles. The summed E-state index contributed by atoms with van der Waals surface area (Å²) >= 11 is 0.994. The van der Waals surface area contributed by atoms with Crippen LogP contribution in [0.25, 0.3) is 10.2 Å². The number of nitrogens with one attached hydrogen (secondary N) is 3. The molecule has 1 atom stereocenters. The van der Waals surface area contributed by atoms with E-state index in [0.29, 0.717) is 41.7 Å². The zero-order valence-corrected chi connectivity index (χ0v) is 29.3. The van der Waals surface area contributed by atoms with Crippen LogP contribution in [0.4, 0.5) is 4.79 Å². The Kier molecular flexibility index (Phi) is 13.0. The lowest BCUT2D eigenvalue weighted by Gasteiger charge is -2.35. The van der Waals surface area contributed by atoms with Gasteiger partial charge in [-0.25, -0.2) is 4.79 Å². The second kappa shape index (κ2) is 17.8. The number of thiazole rings is 1. The molecular weight excluding hydrogens is 655 g/mol. The normalized spacial score (nSPS) is 14.2. The fourth-order valence-corrected chi connectivity index (χ4v) is 7.47. The molecule has 0 bridgehead atoms. The fourth-order valence-electron chi connectivity index (χ4n) is 6.57. The van der Waals surface area contributed by atoms with Crippen molar-refractivity contribution in [2.45, 2.75) is 76.9 Å². The van der Waals surface area contributed by atoms with E-state index in [1.54, 1.807) is 6.07 Å². The van der Waals surface area contributed by atoms with E-state index in [9.17, 15) is 29.4 Å². The lowest BCUT2D eigenvalue weighted by Crippen LogP contribution is -2.52. The maximum atomic E-state index is 13.9. The summed E-state index contributed by atoms with van der Waals surface area (Å²) in [4.78, 5) is 56.3.